The number of nitrogens with zero attached hydrogens (tertiary/aromatic N) is 2. The van der Waals surface area contributed by atoms with Crippen LogP contribution in [0.25, 0.3) is 10.8 Å². The van der Waals surface area contributed by atoms with Gasteiger partial charge in [0.25, 0.3) is 0 Å². The third-order valence-corrected chi connectivity index (χ3v) is 3.65. The summed E-state index contributed by atoms with van der Waals surface area (Å²) in [6, 6.07) is 8.21. The lowest BCUT2D eigenvalue weighted by atomic mass is 10.0. The zero-order valence-electron chi connectivity index (χ0n) is 12.4. The highest BCUT2D eigenvalue weighted by Gasteiger charge is 2.12. The fraction of sp³-hybridized carbons (Fsp3) is 0.438. The van der Waals surface area contributed by atoms with Gasteiger partial charge in [-0.2, -0.15) is 5.10 Å². The number of anilines is 1. The van der Waals surface area contributed by atoms with Crippen molar-refractivity contribution in [2.24, 2.45) is 5.92 Å². The third kappa shape index (κ3) is 4.15. The smallest absolute Gasteiger partial charge is 0.306 e. The Morgan fingerprint density at radius 3 is 2.81 bits per heavy atom. The maximum atomic E-state index is 10.8. The van der Waals surface area contributed by atoms with Crippen LogP contribution in [0.2, 0.25) is 0 Å². The van der Waals surface area contributed by atoms with E-state index in [1.165, 1.54) is 0 Å². The van der Waals surface area contributed by atoms with Gasteiger partial charge in [0.15, 0.2) is 5.82 Å². The number of hydrogen-bond donors (Lipinski definition) is 2. The number of aromatic nitrogens is 2. The Balaban J connectivity index is 1.92. The van der Waals surface area contributed by atoms with Crippen LogP contribution in [0.4, 0.5) is 5.82 Å². The molecular formula is C16H21N3O2. The maximum Gasteiger partial charge on any atom is 0.306 e. The first kappa shape index (κ1) is 15.2. The minimum atomic E-state index is -0.726. The molecule has 5 heteroatoms. The molecule has 2 atom stereocenters. The number of carbonyl (C=O) groups is 1. The van der Waals surface area contributed by atoms with Crippen LogP contribution >= 0.6 is 0 Å². The maximum absolute atomic E-state index is 10.8. The summed E-state index contributed by atoms with van der Waals surface area (Å²) in [7, 11) is 0. The first-order chi connectivity index (χ1) is 10.1. The third-order valence-electron chi connectivity index (χ3n) is 3.65. The molecule has 0 bridgehead atoms. The van der Waals surface area contributed by atoms with E-state index in [4.69, 9.17) is 5.11 Å². The van der Waals surface area contributed by atoms with E-state index >= 15 is 0 Å². The lowest BCUT2D eigenvalue weighted by Crippen LogP contribution is -2.17. The number of benzene rings is 1. The van der Waals surface area contributed by atoms with Gasteiger partial charge in [0, 0.05) is 16.8 Å². The molecular weight excluding hydrogens is 266 g/mol. The highest BCUT2D eigenvalue weighted by Crippen LogP contribution is 2.21. The van der Waals surface area contributed by atoms with E-state index in [1.807, 2.05) is 24.3 Å². The van der Waals surface area contributed by atoms with Gasteiger partial charge < -0.3 is 10.4 Å². The van der Waals surface area contributed by atoms with E-state index in [1.54, 1.807) is 13.1 Å². The van der Waals surface area contributed by atoms with Crippen molar-refractivity contribution >= 4 is 22.6 Å². The van der Waals surface area contributed by atoms with Crippen molar-refractivity contribution in [3.05, 3.63) is 30.5 Å². The molecule has 0 aliphatic carbocycles. The molecule has 0 radical (unpaired) electrons. The van der Waals surface area contributed by atoms with Gasteiger partial charge in [0.2, 0.25) is 0 Å². The first-order valence-electron chi connectivity index (χ1n) is 7.27. The molecule has 2 unspecified atom stereocenters. The van der Waals surface area contributed by atoms with Crippen molar-refractivity contribution in [1.82, 2.24) is 10.2 Å². The van der Waals surface area contributed by atoms with E-state index in [0.29, 0.717) is 6.42 Å². The van der Waals surface area contributed by atoms with Gasteiger partial charge in [-0.15, -0.1) is 5.10 Å². The molecule has 0 saturated heterocycles. The highest BCUT2D eigenvalue weighted by atomic mass is 16.4. The zero-order valence-corrected chi connectivity index (χ0v) is 12.4. The second-order valence-corrected chi connectivity index (χ2v) is 5.50. The highest BCUT2D eigenvalue weighted by molar-refractivity contribution is 5.90. The van der Waals surface area contributed by atoms with Crippen molar-refractivity contribution in [2.75, 3.05) is 5.32 Å². The van der Waals surface area contributed by atoms with Crippen LogP contribution in [0, 0.1) is 5.92 Å². The fourth-order valence-electron chi connectivity index (χ4n) is 2.29. The Hall–Kier alpha value is -2.17. The summed E-state index contributed by atoms with van der Waals surface area (Å²) in [4.78, 5) is 10.8. The zero-order chi connectivity index (χ0) is 15.2. The lowest BCUT2D eigenvalue weighted by Gasteiger charge is -2.16. The van der Waals surface area contributed by atoms with Gasteiger partial charge in [0.05, 0.1) is 12.1 Å². The molecule has 1 heterocycles. The van der Waals surface area contributed by atoms with Gasteiger partial charge in [-0.3, -0.25) is 4.79 Å². The van der Waals surface area contributed by atoms with Crippen LogP contribution in [0.5, 0.6) is 0 Å². The van der Waals surface area contributed by atoms with Gasteiger partial charge >= 0.3 is 5.97 Å². The van der Waals surface area contributed by atoms with Crippen LogP contribution in [-0.2, 0) is 4.79 Å². The van der Waals surface area contributed by atoms with Crippen molar-refractivity contribution in [3.8, 4) is 0 Å². The molecule has 0 saturated carbocycles. The summed E-state index contributed by atoms with van der Waals surface area (Å²) < 4.78 is 0. The number of rotatable bonds is 7. The Labute approximate surface area is 124 Å². The predicted octanol–water partition coefficient (Wildman–Crippen LogP) is 3.32. The van der Waals surface area contributed by atoms with E-state index < -0.39 is 5.97 Å². The number of aliphatic carboxylic acids is 1. The Bertz CT molecular complexity index is 610. The van der Waals surface area contributed by atoms with Crippen molar-refractivity contribution in [2.45, 2.75) is 39.2 Å². The minimum Gasteiger partial charge on any atom is -0.481 e. The molecule has 0 spiro atoms. The average molecular weight is 287 g/mol. The topological polar surface area (TPSA) is 75.1 Å². The number of nitrogens with one attached hydrogen (secondary N) is 1. The summed E-state index contributed by atoms with van der Waals surface area (Å²) in [5.41, 5.74) is 0. The van der Waals surface area contributed by atoms with Crippen LogP contribution in [0.15, 0.2) is 30.5 Å². The second-order valence-electron chi connectivity index (χ2n) is 5.50. The van der Waals surface area contributed by atoms with E-state index in [2.05, 4.69) is 22.4 Å². The second kappa shape index (κ2) is 7.02. The Morgan fingerprint density at radius 2 is 2.05 bits per heavy atom. The Morgan fingerprint density at radius 1 is 1.29 bits per heavy atom. The SMILES string of the molecule is CC(CCCC(C)C(=O)O)Nc1nncc2ccccc12. The molecule has 0 aliphatic heterocycles. The first-order valence-corrected chi connectivity index (χ1v) is 7.27. The predicted molar refractivity (Wildman–Crippen MR) is 83.3 cm³/mol. The quantitative estimate of drug-likeness (QED) is 0.817. The minimum absolute atomic E-state index is 0.228. The molecule has 2 rings (SSSR count). The summed E-state index contributed by atoms with van der Waals surface area (Å²) in [6.45, 7) is 3.82. The molecule has 21 heavy (non-hydrogen) atoms. The molecule has 1 aromatic carbocycles. The summed E-state index contributed by atoms with van der Waals surface area (Å²) in [5.74, 6) is -0.225. The number of carboxylic acids is 1. The molecule has 2 N–H and O–H groups in total. The molecule has 1 aromatic heterocycles. The normalized spacial score (nSPS) is 13.8. The molecule has 5 nitrogen and oxygen atoms in total. The standard InChI is InChI=1S/C16H21N3O2/c1-11(16(20)21)6-5-7-12(2)18-15-14-9-4-3-8-13(14)10-17-19-15/h3-4,8-12H,5-7H2,1-2H3,(H,18,19)(H,20,21). The van der Waals surface area contributed by atoms with Gasteiger partial charge in [-0.05, 0) is 19.8 Å². The lowest BCUT2D eigenvalue weighted by molar-refractivity contribution is -0.141. The van der Waals surface area contributed by atoms with E-state index in [-0.39, 0.29) is 12.0 Å². The summed E-state index contributed by atoms with van der Waals surface area (Å²) in [6.07, 6.45) is 4.23. The van der Waals surface area contributed by atoms with E-state index in [0.717, 1.165) is 29.4 Å². The van der Waals surface area contributed by atoms with E-state index in [9.17, 15) is 4.79 Å². The van der Waals surface area contributed by atoms with Crippen LogP contribution in [0.1, 0.15) is 33.1 Å². The Kier molecular flexibility index (Phi) is 5.09. The monoisotopic (exact) mass is 287 g/mol. The number of fused-ring (bicyclic) bond motifs is 1. The summed E-state index contributed by atoms with van der Waals surface area (Å²) in [5, 5.41) is 22.5. The molecule has 112 valence electrons. The fourth-order valence-corrected chi connectivity index (χ4v) is 2.29. The van der Waals surface area contributed by atoms with Crippen molar-refractivity contribution < 1.29 is 9.90 Å². The average Bonchev–Trinajstić information content (AvgIpc) is 2.47. The molecule has 2 aromatic rings. The van der Waals surface area contributed by atoms with Crippen molar-refractivity contribution in [3.63, 3.8) is 0 Å². The number of carboxylic acid groups (broad SMARTS) is 1. The van der Waals surface area contributed by atoms with Crippen LogP contribution in [-0.4, -0.2) is 27.3 Å². The number of hydrogen-bond acceptors (Lipinski definition) is 4. The molecule has 0 fully saturated rings. The molecule has 0 amide bonds. The van der Waals surface area contributed by atoms with Gasteiger partial charge in [0.1, 0.15) is 0 Å². The summed E-state index contributed by atoms with van der Waals surface area (Å²) >= 11 is 0. The molecule has 0 aliphatic rings. The van der Waals surface area contributed by atoms with Crippen molar-refractivity contribution in [1.29, 1.82) is 0 Å². The van der Waals surface area contributed by atoms with Crippen LogP contribution in [0.3, 0.4) is 0 Å². The largest absolute Gasteiger partial charge is 0.481 e. The van der Waals surface area contributed by atoms with Gasteiger partial charge in [-0.1, -0.05) is 37.6 Å². The van der Waals surface area contributed by atoms with Gasteiger partial charge in [-0.25, -0.2) is 0 Å². The van der Waals surface area contributed by atoms with Crippen LogP contribution < -0.4 is 5.32 Å².